The van der Waals surface area contributed by atoms with E-state index in [1.54, 1.807) is 42.5 Å². The summed E-state index contributed by atoms with van der Waals surface area (Å²) in [7, 11) is 5.81. The van der Waals surface area contributed by atoms with Crippen molar-refractivity contribution in [2.24, 2.45) is 0 Å². The Morgan fingerprint density at radius 2 is 1.59 bits per heavy atom. The molecule has 0 aliphatic heterocycles. The number of rotatable bonds is 7. The van der Waals surface area contributed by atoms with Crippen LogP contribution in [-0.4, -0.2) is 40.3 Å². The quantitative estimate of drug-likeness (QED) is 0.595. The summed E-state index contributed by atoms with van der Waals surface area (Å²) in [5, 5.41) is 2.66. The topological polar surface area (TPSA) is 83.1 Å². The zero-order chi connectivity index (χ0) is 19.8. The Morgan fingerprint density at radius 3 is 2.22 bits per heavy atom. The van der Waals surface area contributed by atoms with E-state index in [4.69, 9.17) is 18.9 Å². The van der Waals surface area contributed by atoms with E-state index in [-0.39, 0.29) is 5.56 Å². The average molecular weight is 371 g/mol. The second kappa shape index (κ2) is 9.28. The summed E-state index contributed by atoms with van der Waals surface area (Å²) >= 11 is 0. The van der Waals surface area contributed by atoms with E-state index in [9.17, 15) is 9.59 Å². The monoisotopic (exact) mass is 371 g/mol. The third-order valence-corrected chi connectivity index (χ3v) is 3.74. The van der Waals surface area contributed by atoms with Gasteiger partial charge in [0.25, 0.3) is 0 Å². The molecule has 0 aliphatic rings. The first kappa shape index (κ1) is 19.8. The Labute approximate surface area is 157 Å². The number of carbonyl (C=O) groups is 2. The van der Waals surface area contributed by atoms with Crippen molar-refractivity contribution in [3.63, 3.8) is 0 Å². The lowest BCUT2D eigenvalue weighted by Crippen LogP contribution is -2.12. The molecule has 1 amide bonds. The van der Waals surface area contributed by atoms with Gasteiger partial charge in [0.2, 0.25) is 11.7 Å². The molecule has 0 spiro atoms. The second-order valence-electron chi connectivity index (χ2n) is 5.28. The minimum Gasteiger partial charge on any atom is -0.493 e. The highest BCUT2D eigenvalue weighted by Gasteiger charge is 2.15. The van der Waals surface area contributed by atoms with Crippen molar-refractivity contribution in [2.45, 2.75) is 0 Å². The molecule has 0 bridgehead atoms. The fourth-order valence-electron chi connectivity index (χ4n) is 2.48. The van der Waals surface area contributed by atoms with Gasteiger partial charge in [0.1, 0.15) is 0 Å². The third kappa shape index (κ3) is 4.58. The smallest absolute Gasteiger partial charge is 0.339 e. The lowest BCUT2D eigenvalue weighted by Gasteiger charge is -2.14. The first-order chi connectivity index (χ1) is 13.0. The molecular weight excluding hydrogens is 350 g/mol. The van der Waals surface area contributed by atoms with Crippen molar-refractivity contribution >= 4 is 23.6 Å². The number of para-hydroxylation sites is 1. The lowest BCUT2D eigenvalue weighted by atomic mass is 10.1. The van der Waals surface area contributed by atoms with E-state index in [1.807, 2.05) is 0 Å². The van der Waals surface area contributed by atoms with E-state index in [0.29, 0.717) is 28.5 Å². The molecule has 0 atom stereocenters. The molecule has 7 nitrogen and oxygen atoms in total. The van der Waals surface area contributed by atoms with Crippen LogP contribution in [0.2, 0.25) is 0 Å². The van der Waals surface area contributed by atoms with Crippen LogP contribution in [-0.2, 0) is 9.53 Å². The van der Waals surface area contributed by atoms with Crippen LogP contribution < -0.4 is 19.5 Å². The van der Waals surface area contributed by atoms with Crippen molar-refractivity contribution in [2.75, 3.05) is 33.8 Å². The van der Waals surface area contributed by atoms with Gasteiger partial charge in [-0.3, -0.25) is 4.79 Å². The third-order valence-electron chi connectivity index (χ3n) is 3.74. The standard InChI is InChI=1S/C20H21NO6/c1-24-16-11-9-13(18(25-2)19(16)26-3)10-12-17(22)21-15-8-6-5-7-14(15)20(23)27-4/h5-12H,1-4H3,(H,21,22)/b12-10+. The zero-order valence-electron chi connectivity index (χ0n) is 15.6. The van der Waals surface area contributed by atoms with Crippen molar-refractivity contribution in [1.29, 1.82) is 0 Å². The number of benzene rings is 2. The maximum absolute atomic E-state index is 12.3. The highest BCUT2D eigenvalue weighted by Crippen LogP contribution is 2.40. The molecule has 0 unspecified atom stereocenters. The van der Waals surface area contributed by atoms with Crippen LogP contribution in [0.25, 0.3) is 6.08 Å². The van der Waals surface area contributed by atoms with Crippen LogP contribution >= 0.6 is 0 Å². The highest BCUT2D eigenvalue weighted by molar-refractivity contribution is 6.06. The number of amides is 1. The number of nitrogens with one attached hydrogen (secondary N) is 1. The summed E-state index contributed by atoms with van der Waals surface area (Å²) in [6, 6.07) is 10.0. The Bertz CT molecular complexity index is 860. The normalized spacial score (nSPS) is 10.4. The molecule has 2 aromatic carbocycles. The summed E-state index contributed by atoms with van der Waals surface area (Å²) in [5.41, 5.74) is 1.26. The van der Waals surface area contributed by atoms with Gasteiger partial charge in [-0.15, -0.1) is 0 Å². The van der Waals surface area contributed by atoms with Gasteiger partial charge in [0.15, 0.2) is 11.5 Å². The summed E-state index contributed by atoms with van der Waals surface area (Å²) in [5.74, 6) is 0.442. The molecule has 0 saturated heterocycles. The van der Waals surface area contributed by atoms with Gasteiger partial charge in [-0.05, 0) is 30.3 Å². The van der Waals surface area contributed by atoms with Gasteiger partial charge in [-0.25, -0.2) is 4.79 Å². The Hall–Kier alpha value is -3.48. The first-order valence-electron chi connectivity index (χ1n) is 8.01. The van der Waals surface area contributed by atoms with Crippen LogP contribution in [0.3, 0.4) is 0 Å². The number of anilines is 1. The molecule has 0 radical (unpaired) electrons. The molecule has 142 valence electrons. The molecule has 1 N–H and O–H groups in total. The Balaban J connectivity index is 2.25. The van der Waals surface area contributed by atoms with Gasteiger partial charge in [-0.2, -0.15) is 0 Å². The van der Waals surface area contributed by atoms with Gasteiger partial charge >= 0.3 is 5.97 Å². The highest BCUT2D eigenvalue weighted by atomic mass is 16.5. The predicted molar refractivity (Wildman–Crippen MR) is 102 cm³/mol. The van der Waals surface area contributed by atoms with Crippen LogP contribution in [0, 0.1) is 0 Å². The Kier molecular flexibility index (Phi) is 6.82. The van der Waals surface area contributed by atoms with Crippen LogP contribution in [0.4, 0.5) is 5.69 Å². The van der Waals surface area contributed by atoms with Crippen molar-refractivity contribution < 1.29 is 28.5 Å². The SMILES string of the molecule is COC(=O)c1ccccc1NC(=O)/C=C/c1ccc(OC)c(OC)c1OC. The lowest BCUT2D eigenvalue weighted by molar-refractivity contribution is -0.111. The molecule has 0 aromatic heterocycles. The number of hydrogen-bond acceptors (Lipinski definition) is 6. The van der Waals surface area contributed by atoms with Crippen molar-refractivity contribution in [3.05, 3.63) is 53.6 Å². The number of ether oxygens (including phenoxy) is 4. The van der Waals surface area contributed by atoms with E-state index in [1.165, 1.54) is 34.5 Å². The fourth-order valence-corrected chi connectivity index (χ4v) is 2.48. The summed E-state index contributed by atoms with van der Waals surface area (Å²) in [4.78, 5) is 24.1. The van der Waals surface area contributed by atoms with E-state index >= 15 is 0 Å². The maximum Gasteiger partial charge on any atom is 0.339 e. The van der Waals surface area contributed by atoms with E-state index in [0.717, 1.165) is 0 Å². The molecule has 0 saturated carbocycles. The van der Waals surface area contributed by atoms with E-state index < -0.39 is 11.9 Å². The van der Waals surface area contributed by atoms with Crippen molar-refractivity contribution in [3.8, 4) is 17.2 Å². The molecular formula is C20H21NO6. The minimum atomic E-state index is -0.531. The van der Waals surface area contributed by atoms with Gasteiger partial charge in [0.05, 0.1) is 39.7 Å². The van der Waals surface area contributed by atoms with E-state index in [2.05, 4.69) is 5.32 Å². The second-order valence-corrected chi connectivity index (χ2v) is 5.28. The molecule has 27 heavy (non-hydrogen) atoms. The fraction of sp³-hybridized carbons (Fsp3) is 0.200. The minimum absolute atomic E-state index is 0.269. The maximum atomic E-state index is 12.3. The zero-order valence-corrected chi connectivity index (χ0v) is 15.6. The molecule has 0 fully saturated rings. The van der Waals surface area contributed by atoms with Gasteiger partial charge < -0.3 is 24.3 Å². The number of esters is 1. The number of hydrogen-bond donors (Lipinski definition) is 1. The molecule has 0 aliphatic carbocycles. The Morgan fingerprint density at radius 1 is 0.889 bits per heavy atom. The predicted octanol–water partition coefficient (Wildman–Crippen LogP) is 3.15. The van der Waals surface area contributed by atoms with Crippen LogP contribution in [0.15, 0.2) is 42.5 Å². The first-order valence-corrected chi connectivity index (χ1v) is 8.01. The van der Waals surface area contributed by atoms with Crippen molar-refractivity contribution in [1.82, 2.24) is 0 Å². The van der Waals surface area contributed by atoms with Gasteiger partial charge in [-0.1, -0.05) is 12.1 Å². The largest absolute Gasteiger partial charge is 0.493 e. The summed E-state index contributed by atoms with van der Waals surface area (Å²) in [6.45, 7) is 0. The number of methoxy groups -OCH3 is 4. The van der Waals surface area contributed by atoms with Crippen LogP contribution in [0.5, 0.6) is 17.2 Å². The van der Waals surface area contributed by atoms with Gasteiger partial charge in [0, 0.05) is 11.6 Å². The molecule has 2 aromatic rings. The summed E-state index contributed by atoms with van der Waals surface area (Å²) < 4.78 is 20.6. The van der Waals surface area contributed by atoms with Crippen LogP contribution in [0.1, 0.15) is 15.9 Å². The molecule has 2 rings (SSSR count). The molecule has 7 heteroatoms. The number of carbonyl (C=O) groups excluding carboxylic acids is 2. The average Bonchev–Trinajstić information content (AvgIpc) is 2.71. The molecule has 0 heterocycles. The summed E-state index contributed by atoms with van der Waals surface area (Å²) in [6.07, 6.45) is 2.91.